The second-order valence-electron chi connectivity index (χ2n) is 8.91. The van der Waals surface area contributed by atoms with Crippen molar-refractivity contribution in [2.75, 3.05) is 29.9 Å². The Morgan fingerprint density at radius 3 is 2.65 bits per heavy atom. The van der Waals surface area contributed by atoms with Crippen LogP contribution >= 0.6 is 0 Å². The van der Waals surface area contributed by atoms with Crippen LogP contribution in [-0.4, -0.2) is 71.3 Å². The predicted octanol–water partition coefficient (Wildman–Crippen LogP) is 1.56. The first-order valence-corrected chi connectivity index (χ1v) is 10.9. The molecule has 0 amide bonds. The number of aliphatic hydroxyl groups is 3. The summed E-state index contributed by atoms with van der Waals surface area (Å²) in [6.07, 6.45) is 0.408. The highest BCUT2D eigenvalue weighted by molar-refractivity contribution is 5.83. The number of aromatic nitrogens is 5. The van der Waals surface area contributed by atoms with Crippen LogP contribution in [0.2, 0.25) is 0 Å². The highest BCUT2D eigenvalue weighted by Gasteiger charge is 2.46. The third kappa shape index (κ3) is 4.14. The molecule has 182 valence electrons. The maximum Gasteiger partial charge on any atom is 0.417 e. The van der Waals surface area contributed by atoms with Gasteiger partial charge in [0.1, 0.15) is 17.7 Å². The number of anilines is 2. The standard InChI is InChI=1S/C21H24F3N7O3/c22-21(23,24)13-1-2-16(25-7-13)30-4-3-14(8-30)29-18-17-19(27-10-26-18)31(11-28-17)15-5-12(9-32)6-20(15,33)34/h1-2,7,10-12,14-15,32-34H,3-6,8-9H2,(H,26,27,29)/t12-,14+,15-/m1/s1. The van der Waals surface area contributed by atoms with E-state index in [1.807, 2.05) is 4.90 Å². The summed E-state index contributed by atoms with van der Waals surface area (Å²) in [5.41, 5.74) is 0.121. The lowest BCUT2D eigenvalue weighted by Gasteiger charge is -2.25. The number of halogens is 3. The van der Waals surface area contributed by atoms with Crippen molar-refractivity contribution in [1.29, 1.82) is 0 Å². The highest BCUT2D eigenvalue weighted by atomic mass is 19.4. The van der Waals surface area contributed by atoms with Gasteiger partial charge in [0, 0.05) is 38.4 Å². The van der Waals surface area contributed by atoms with Crippen molar-refractivity contribution in [3.05, 3.63) is 36.5 Å². The van der Waals surface area contributed by atoms with Crippen LogP contribution in [0.1, 0.15) is 30.9 Å². The summed E-state index contributed by atoms with van der Waals surface area (Å²) in [6, 6.07) is 1.64. The van der Waals surface area contributed by atoms with Crippen molar-refractivity contribution in [3.63, 3.8) is 0 Å². The molecule has 13 heteroatoms. The maximum atomic E-state index is 12.8. The Kier molecular flexibility index (Phi) is 5.57. The Morgan fingerprint density at radius 1 is 1.15 bits per heavy atom. The summed E-state index contributed by atoms with van der Waals surface area (Å²) in [5.74, 6) is -1.27. The summed E-state index contributed by atoms with van der Waals surface area (Å²) in [7, 11) is 0. The molecule has 5 rings (SSSR count). The van der Waals surface area contributed by atoms with Gasteiger partial charge in [0.25, 0.3) is 0 Å². The van der Waals surface area contributed by atoms with Crippen LogP contribution in [0.15, 0.2) is 31.0 Å². The minimum absolute atomic E-state index is 0.0487. The Labute approximate surface area is 192 Å². The molecular weight excluding hydrogens is 455 g/mol. The van der Waals surface area contributed by atoms with E-state index in [0.29, 0.717) is 48.7 Å². The first-order valence-electron chi connectivity index (χ1n) is 10.9. The van der Waals surface area contributed by atoms with Gasteiger partial charge in [-0.25, -0.2) is 19.9 Å². The molecular formula is C21H24F3N7O3. The fourth-order valence-corrected chi connectivity index (χ4v) is 4.83. The lowest BCUT2D eigenvalue weighted by molar-refractivity contribution is -0.180. The van der Waals surface area contributed by atoms with E-state index >= 15 is 0 Å². The van der Waals surface area contributed by atoms with Gasteiger partial charge in [-0.05, 0) is 30.9 Å². The molecule has 3 atom stereocenters. The number of nitrogens with one attached hydrogen (secondary N) is 1. The van der Waals surface area contributed by atoms with E-state index in [1.54, 1.807) is 4.57 Å². The topological polar surface area (TPSA) is 132 Å². The first-order chi connectivity index (χ1) is 16.2. The van der Waals surface area contributed by atoms with Crippen LogP contribution in [0.3, 0.4) is 0 Å². The van der Waals surface area contributed by atoms with Gasteiger partial charge in [-0.15, -0.1) is 0 Å². The molecule has 0 radical (unpaired) electrons. The van der Waals surface area contributed by atoms with E-state index in [9.17, 15) is 28.5 Å². The molecule has 0 spiro atoms. The molecule has 0 unspecified atom stereocenters. The van der Waals surface area contributed by atoms with Crippen molar-refractivity contribution < 1.29 is 28.5 Å². The third-order valence-corrected chi connectivity index (χ3v) is 6.56. The first kappa shape index (κ1) is 22.7. The van der Waals surface area contributed by atoms with Gasteiger partial charge in [-0.1, -0.05) is 0 Å². The molecule has 1 saturated heterocycles. The fraction of sp³-hybridized carbons (Fsp3) is 0.524. The number of fused-ring (bicyclic) bond motifs is 1. The molecule has 10 nitrogen and oxygen atoms in total. The molecule has 1 aliphatic carbocycles. The number of aliphatic hydroxyl groups excluding tert-OH is 1. The number of nitrogens with zero attached hydrogens (tertiary/aromatic N) is 6. The molecule has 4 heterocycles. The summed E-state index contributed by atoms with van der Waals surface area (Å²) in [4.78, 5) is 18.8. The Hall–Kier alpha value is -3.03. The smallest absolute Gasteiger partial charge is 0.396 e. The molecule has 0 aromatic carbocycles. The number of hydrogen-bond acceptors (Lipinski definition) is 9. The summed E-state index contributed by atoms with van der Waals surface area (Å²) in [6.45, 7) is 0.988. The van der Waals surface area contributed by atoms with Crippen molar-refractivity contribution in [2.24, 2.45) is 5.92 Å². The van der Waals surface area contributed by atoms with Gasteiger partial charge in [-0.3, -0.25) is 0 Å². The molecule has 0 bridgehead atoms. The maximum absolute atomic E-state index is 12.8. The van der Waals surface area contributed by atoms with E-state index in [0.717, 1.165) is 12.3 Å². The minimum Gasteiger partial charge on any atom is -0.396 e. The van der Waals surface area contributed by atoms with Crippen LogP contribution in [0, 0.1) is 5.92 Å². The van der Waals surface area contributed by atoms with Crippen molar-refractivity contribution in [3.8, 4) is 0 Å². The zero-order valence-electron chi connectivity index (χ0n) is 18.0. The molecule has 1 saturated carbocycles. The molecule has 2 aliphatic rings. The molecule has 4 N–H and O–H groups in total. The lowest BCUT2D eigenvalue weighted by Crippen LogP contribution is -2.34. The Balaban J connectivity index is 1.32. The van der Waals surface area contributed by atoms with E-state index in [1.165, 1.54) is 18.7 Å². The number of pyridine rings is 1. The fourth-order valence-electron chi connectivity index (χ4n) is 4.83. The summed E-state index contributed by atoms with van der Waals surface area (Å²) < 4.78 is 40.0. The van der Waals surface area contributed by atoms with Crippen LogP contribution in [0.4, 0.5) is 24.8 Å². The van der Waals surface area contributed by atoms with Crippen molar-refractivity contribution >= 4 is 22.8 Å². The SMILES string of the molecule is OC[C@@H]1C[C@@H](n2cnc3c(N[C@H]4CCN(c5ccc(C(F)(F)F)cn5)C4)ncnc32)C(O)(O)C1. The second-order valence-corrected chi connectivity index (χ2v) is 8.91. The van der Waals surface area contributed by atoms with Gasteiger partial charge in [0.15, 0.2) is 17.3 Å². The summed E-state index contributed by atoms with van der Waals surface area (Å²) >= 11 is 0. The van der Waals surface area contributed by atoms with Gasteiger partial charge < -0.3 is 30.1 Å². The predicted molar refractivity (Wildman–Crippen MR) is 115 cm³/mol. The Morgan fingerprint density at radius 2 is 1.97 bits per heavy atom. The second kappa shape index (κ2) is 8.32. The molecule has 1 aliphatic heterocycles. The van der Waals surface area contributed by atoms with Gasteiger partial charge >= 0.3 is 6.18 Å². The zero-order chi connectivity index (χ0) is 24.1. The van der Waals surface area contributed by atoms with Gasteiger partial charge in [0.2, 0.25) is 0 Å². The summed E-state index contributed by atoms with van der Waals surface area (Å²) in [5, 5.41) is 33.7. The molecule has 3 aromatic heterocycles. The average Bonchev–Trinajstić information content (AvgIpc) is 3.50. The normalized spacial score (nSPS) is 24.8. The van der Waals surface area contributed by atoms with E-state index < -0.39 is 23.6 Å². The van der Waals surface area contributed by atoms with E-state index in [-0.39, 0.29) is 25.0 Å². The minimum atomic E-state index is -4.42. The third-order valence-electron chi connectivity index (χ3n) is 6.56. The van der Waals surface area contributed by atoms with E-state index in [4.69, 9.17) is 0 Å². The number of hydrogen-bond donors (Lipinski definition) is 4. The van der Waals surface area contributed by atoms with Crippen LogP contribution < -0.4 is 10.2 Å². The van der Waals surface area contributed by atoms with E-state index in [2.05, 4.69) is 25.3 Å². The van der Waals surface area contributed by atoms with Crippen molar-refractivity contribution in [2.45, 2.75) is 43.3 Å². The monoisotopic (exact) mass is 479 g/mol. The van der Waals surface area contributed by atoms with Gasteiger partial charge in [-0.2, -0.15) is 13.2 Å². The molecule has 34 heavy (non-hydrogen) atoms. The quantitative estimate of drug-likeness (QED) is 0.403. The lowest BCUT2D eigenvalue weighted by atomic mass is 10.1. The largest absolute Gasteiger partial charge is 0.417 e. The number of rotatable bonds is 5. The molecule has 2 fully saturated rings. The average molecular weight is 479 g/mol. The zero-order valence-corrected chi connectivity index (χ0v) is 18.0. The highest BCUT2D eigenvalue weighted by Crippen LogP contribution is 2.42. The Bertz CT molecular complexity index is 1170. The molecule has 3 aromatic rings. The number of alkyl halides is 3. The van der Waals surface area contributed by atoms with Crippen LogP contribution in [-0.2, 0) is 6.18 Å². The van der Waals surface area contributed by atoms with Crippen LogP contribution in [0.25, 0.3) is 11.2 Å². The van der Waals surface area contributed by atoms with Crippen LogP contribution in [0.5, 0.6) is 0 Å². The number of imidazole rings is 1. The van der Waals surface area contributed by atoms with Crippen molar-refractivity contribution in [1.82, 2.24) is 24.5 Å². The van der Waals surface area contributed by atoms with Gasteiger partial charge in [0.05, 0.1) is 17.9 Å².